The van der Waals surface area contributed by atoms with Crippen LogP contribution in [0.4, 0.5) is 5.69 Å². The number of aromatic nitrogens is 1. The number of nitrogen functional groups attached to an aromatic ring is 1. The van der Waals surface area contributed by atoms with Gasteiger partial charge in [-0.05, 0) is 29.2 Å². The number of carboxylic acid groups (broad SMARTS) is 1. The summed E-state index contributed by atoms with van der Waals surface area (Å²) in [5.41, 5.74) is 7.12. The van der Waals surface area contributed by atoms with Gasteiger partial charge in [0.05, 0.1) is 11.4 Å². The van der Waals surface area contributed by atoms with E-state index >= 15 is 0 Å². The van der Waals surface area contributed by atoms with Crippen molar-refractivity contribution >= 4 is 23.3 Å². The van der Waals surface area contributed by atoms with Crippen LogP contribution in [0.2, 0.25) is 5.15 Å². The maximum absolute atomic E-state index is 11.1. The molecule has 1 aromatic carbocycles. The third-order valence-electron chi connectivity index (χ3n) is 3.36. The summed E-state index contributed by atoms with van der Waals surface area (Å²) >= 11 is 5.88. The van der Waals surface area contributed by atoms with Crippen LogP contribution < -0.4 is 5.73 Å². The van der Waals surface area contributed by atoms with Crippen molar-refractivity contribution in [3.05, 3.63) is 40.5 Å². The fourth-order valence-corrected chi connectivity index (χ4v) is 2.38. The van der Waals surface area contributed by atoms with Crippen LogP contribution in [0.25, 0.3) is 11.3 Å². The van der Waals surface area contributed by atoms with Crippen LogP contribution in [0.3, 0.4) is 0 Å². The number of carboxylic acids is 1. The summed E-state index contributed by atoms with van der Waals surface area (Å²) in [5, 5.41) is 19.1. The Morgan fingerprint density at radius 3 is 2.36 bits per heavy atom. The Balaban J connectivity index is 2.56. The lowest BCUT2D eigenvalue weighted by atomic mass is 9.86. The van der Waals surface area contributed by atoms with Crippen molar-refractivity contribution in [3.8, 4) is 17.0 Å². The summed E-state index contributed by atoms with van der Waals surface area (Å²) in [6.45, 7) is 6.11. The molecule has 0 aliphatic carbocycles. The standard InChI is InChI=1S/C16H17ClN2O3/c1-16(2,3)8-4-5-9(12(20)6-8)11-7-10(18)13(15(21)22)14(17)19-11/h4-7,20H,1-3H3,(H2,18,19)(H,21,22). The first kappa shape index (κ1) is 16.1. The highest BCUT2D eigenvalue weighted by Crippen LogP contribution is 2.35. The van der Waals surface area contributed by atoms with Gasteiger partial charge in [0, 0.05) is 5.56 Å². The van der Waals surface area contributed by atoms with Crippen LogP contribution in [-0.4, -0.2) is 21.2 Å². The molecule has 1 heterocycles. The van der Waals surface area contributed by atoms with E-state index in [9.17, 15) is 9.90 Å². The fourth-order valence-electron chi connectivity index (χ4n) is 2.10. The van der Waals surface area contributed by atoms with Gasteiger partial charge < -0.3 is 15.9 Å². The number of hydrogen-bond donors (Lipinski definition) is 3. The molecule has 2 rings (SSSR count). The molecule has 0 spiro atoms. The van der Waals surface area contributed by atoms with E-state index in [1.165, 1.54) is 6.07 Å². The predicted molar refractivity (Wildman–Crippen MR) is 86.4 cm³/mol. The largest absolute Gasteiger partial charge is 0.507 e. The minimum absolute atomic E-state index is 0.00166. The Bertz CT molecular complexity index is 729. The summed E-state index contributed by atoms with van der Waals surface area (Å²) in [4.78, 5) is 15.1. The number of rotatable bonds is 2. The number of nitrogens with two attached hydrogens (primary N) is 1. The summed E-state index contributed by atoms with van der Waals surface area (Å²) < 4.78 is 0. The monoisotopic (exact) mass is 320 g/mol. The molecule has 0 aliphatic heterocycles. The quantitative estimate of drug-likeness (QED) is 0.733. The molecule has 5 nitrogen and oxygen atoms in total. The number of aromatic hydroxyl groups is 1. The van der Waals surface area contributed by atoms with Gasteiger partial charge in [0.2, 0.25) is 0 Å². The second-order valence-electron chi connectivity index (χ2n) is 6.05. The van der Waals surface area contributed by atoms with Gasteiger partial charge in [0.25, 0.3) is 0 Å². The number of anilines is 1. The van der Waals surface area contributed by atoms with E-state index < -0.39 is 5.97 Å². The first-order chi connectivity index (χ1) is 10.1. The van der Waals surface area contributed by atoms with Crippen molar-refractivity contribution in [1.82, 2.24) is 4.98 Å². The SMILES string of the molecule is CC(C)(C)c1ccc(-c2cc(N)c(C(=O)O)c(Cl)n2)c(O)c1. The number of aromatic carboxylic acids is 1. The zero-order valence-electron chi connectivity index (χ0n) is 12.5. The van der Waals surface area contributed by atoms with Gasteiger partial charge in [-0.2, -0.15) is 0 Å². The second-order valence-corrected chi connectivity index (χ2v) is 6.41. The molecule has 0 amide bonds. The van der Waals surface area contributed by atoms with Crippen LogP contribution in [0, 0.1) is 0 Å². The van der Waals surface area contributed by atoms with E-state index in [0.29, 0.717) is 11.3 Å². The van der Waals surface area contributed by atoms with Gasteiger partial charge in [-0.25, -0.2) is 9.78 Å². The molecule has 0 unspecified atom stereocenters. The predicted octanol–water partition coefficient (Wildman–Crippen LogP) is 3.69. The molecule has 22 heavy (non-hydrogen) atoms. The van der Waals surface area contributed by atoms with E-state index in [1.54, 1.807) is 12.1 Å². The van der Waals surface area contributed by atoms with E-state index in [-0.39, 0.29) is 27.6 Å². The molecule has 0 atom stereocenters. The van der Waals surface area contributed by atoms with Crippen LogP contribution >= 0.6 is 11.6 Å². The van der Waals surface area contributed by atoms with E-state index in [2.05, 4.69) is 4.98 Å². The number of nitrogens with zero attached hydrogens (tertiary/aromatic N) is 1. The Morgan fingerprint density at radius 2 is 1.91 bits per heavy atom. The molecule has 116 valence electrons. The fraction of sp³-hybridized carbons (Fsp3) is 0.250. The van der Waals surface area contributed by atoms with Crippen molar-refractivity contribution < 1.29 is 15.0 Å². The molecule has 0 saturated carbocycles. The summed E-state index contributed by atoms with van der Waals surface area (Å²) in [6, 6.07) is 6.65. The molecule has 4 N–H and O–H groups in total. The molecular formula is C16H17ClN2O3. The molecule has 2 aromatic rings. The zero-order valence-corrected chi connectivity index (χ0v) is 13.3. The molecule has 0 saturated heterocycles. The van der Waals surface area contributed by atoms with Crippen molar-refractivity contribution in [2.45, 2.75) is 26.2 Å². The van der Waals surface area contributed by atoms with Gasteiger partial charge in [-0.3, -0.25) is 0 Å². The number of benzene rings is 1. The van der Waals surface area contributed by atoms with Crippen molar-refractivity contribution in [3.63, 3.8) is 0 Å². The third-order valence-corrected chi connectivity index (χ3v) is 3.63. The minimum Gasteiger partial charge on any atom is -0.507 e. The number of halogens is 1. The van der Waals surface area contributed by atoms with Gasteiger partial charge in [0.15, 0.2) is 0 Å². The van der Waals surface area contributed by atoms with Crippen LogP contribution in [0.5, 0.6) is 5.75 Å². The van der Waals surface area contributed by atoms with E-state index in [0.717, 1.165) is 5.56 Å². The van der Waals surface area contributed by atoms with E-state index in [4.69, 9.17) is 22.4 Å². The second kappa shape index (κ2) is 5.50. The number of pyridine rings is 1. The molecule has 1 aromatic heterocycles. The number of phenols is 1. The lowest BCUT2D eigenvalue weighted by Gasteiger charge is -2.20. The lowest BCUT2D eigenvalue weighted by Crippen LogP contribution is -2.10. The van der Waals surface area contributed by atoms with E-state index in [1.807, 2.05) is 26.8 Å². The first-order valence-corrected chi connectivity index (χ1v) is 7.02. The molecule has 0 radical (unpaired) electrons. The molecule has 6 heteroatoms. The highest BCUT2D eigenvalue weighted by Gasteiger charge is 2.19. The smallest absolute Gasteiger partial charge is 0.340 e. The minimum atomic E-state index is -1.24. The van der Waals surface area contributed by atoms with Gasteiger partial charge >= 0.3 is 5.97 Å². The molecule has 0 bridgehead atoms. The number of phenolic OH excluding ortho intramolecular Hbond substituents is 1. The highest BCUT2D eigenvalue weighted by atomic mass is 35.5. The average molecular weight is 321 g/mol. The summed E-state index contributed by atoms with van der Waals surface area (Å²) in [7, 11) is 0. The number of carbonyl (C=O) groups is 1. The lowest BCUT2D eigenvalue weighted by molar-refractivity contribution is 0.0698. The summed E-state index contributed by atoms with van der Waals surface area (Å²) in [5.74, 6) is -1.20. The first-order valence-electron chi connectivity index (χ1n) is 6.64. The average Bonchev–Trinajstić information content (AvgIpc) is 2.35. The molecular weight excluding hydrogens is 304 g/mol. The van der Waals surface area contributed by atoms with Gasteiger partial charge in [-0.1, -0.05) is 38.4 Å². The zero-order chi connectivity index (χ0) is 16.7. The Labute approximate surface area is 133 Å². The highest BCUT2D eigenvalue weighted by molar-refractivity contribution is 6.33. The van der Waals surface area contributed by atoms with Crippen molar-refractivity contribution in [1.29, 1.82) is 0 Å². The van der Waals surface area contributed by atoms with Gasteiger partial charge in [-0.15, -0.1) is 0 Å². The van der Waals surface area contributed by atoms with Crippen molar-refractivity contribution in [2.24, 2.45) is 0 Å². The van der Waals surface area contributed by atoms with Crippen molar-refractivity contribution in [2.75, 3.05) is 5.73 Å². The Kier molecular flexibility index (Phi) is 4.02. The van der Waals surface area contributed by atoms with Crippen LogP contribution in [0.1, 0.15) is 36.7 Å². The number of hydrogen-bond acceptors (Lipinski definition) is 4. The maximum atomic E-state index is 11.1. The van der Waals surface area contributed by atoms with Crippen LogP contribution in [-0.2, 0) is 5.41 Å². The Morgan fingerprint density at radius 1 is 1.27 bits per heavy atom. The Hall–Kier alpha value is -2.27. The normalized spacial score (nSPS) is 11.5. The molecule has 0 fully saturated rings. The van der Waals surface area contributed by atoms with Crippen LogP contribution in [0.15, 0.2) is 24.3 Å². The van der Waals surface area contributed by atoms with Gasteiger partial charge in [0.1, 0.15) is 16.5 Å². The summed E-state index contributed by atoms with van der Waals surface area (Å²) in [6.07, 6.45) is 0. The third kappa shape index (κ3) is 2.99. The topological polar surface area (TPSA) is 96.4 Å². The molecule has 0 aliphatic rings. The maximum Gasteiger partial charge on any atom is 0.340 e.